The van der Waals surface area contributed by atoms with Crippen LogP contribution in [0.1, 0.15) is 37.1 Å². The highest BCUT2D eigenvalue weighted by Gasteiger charge is 2.27. The number of nitrogens with zero attached hydrogens (tertiary/aromatic N) is 1. The molecule has 5 nitrogen and oxygen atoms in total. The van der Waals surface area contributed by atoms with E-state index in [1.54, 1.807) is 0 Å². The van der Waals surface area contributed by atoms with Crippen LogP contribution >= 0.6 is 0 Å². The zero-order valence-corrected chi connectivity index (χ0v) is 14.5. The van der Waals surface area contributed by atoms with Crippen molar-refractivity contribution in [1.82, 2.24) is 4.90 Å². The van der Waals surface area contributed by atoms with Crippen LogP contribution in [0, 0.1) is 12.7 Å². The van der Waals surface area contributed by atoms with Gasteiger partial charge in [0.05, 0.1) is 29.6 Å². The summed E-state index contributed by atoms with van der Waals surface area (Å²) in [5.74, 6) is -0.597. The number of rotatable bonds is 3. The van der Waals surface area contributed by atoms with E-state index in [0.29, 0.717) is 6.54 Å². The lowest BCUT2D eigenvalue weighted by Gasteiger charge is -2.35. The number of nitrogen functional groups attached to an aromatic ring is 2. The summed E-state index contributed by atoms with van der Waals surface area (Å²) in [7, 11) is 0. The Kier molecular flexibility index (Phi) is 5.75. The summed E-state index contributed by atoms with van der Waals surface area (Å²) >= 11 is 0. The number of hydrogen-bond acceptors (Lipinski definition) is 4. The molecule has 0 fully saturated rings. The van der Waals surface area contributed by atoms with Gasteiger partial charge >= 0.3 is 0 Å². The first-order valence-corrected chi connectivity index (χ1v) is 8.34. The summed E-state index contributed by atoms with van der Waals surface area (Å²) in [6.45, 7) is 4.75. The first-order chi connectivity index (χ1) is 11.9. The third-order valence-corrected chi connectivity index (χ3v) is 4.76. The fourth-order valence-electron chi connectivity index (χ4n) is 3.31. The van der Waals surface area contributed by atoms with Gasteiger partial charge in [-0.1, -0.05) is 31.2 Å². The Bertz CT molecular complexity index is 822. The van der Waals surface area contributed by atoms with E-state index in [9.17, 15) is 9.18 Å². The molecular formula is C20H27FN4O. The van der Waals surface area contributed by atoms with Gasteiger partial charge in [-0.3, -0.25) is 4.79 Å². The molecule has 5 N–H and O–H groups in total. The number of benzene rings is 2. The molecule has 0 bridgehead atoms. The third-order valence-electron chi connectivity index (χ3n) is 4.76. The standard InChI is InChI=1S/C19H23FN4O.CH4/c1-11-3-4-14-12(2)24(6-5-13(14)7-11)19(25)10-23-18-9-17(22)16(21)8-15(18)20;/h3-4,7-9,12,23H,5-6,10,21-22H2,1-2H3;1H4. The van der Waals surface area contributed by atoms with Crippen molar-refractivity contribution in [3.63, 3.8) is 0 Å². The second kappa shape index (κ2) is 7.64. The number of anilines is 3. The van der Waals surface area contributed by atoms with Crippen LogP contribution in [0.3, 0.4) is 0 Å². The molecule has 26 heavy (non-hydrogen) atoms. The summed E-state index contributed by atoms with van der Waals surface area (Å²) in [6.07, 6.45) is 0.830. The predicted octanol–water partition coefficient (Wildman–Crippen LogP) is 3.49. The van der Waals surface area contributed by atoms with Crippen molar-refractivity contribution < 1.29 is 9.18 Å². The van der Waals surface area contributed by atoms with Gasteiger partial charge < -0.3 is 21.7 Å². The number of nitrogens with two attached hydrogens (primary N) is 2. The maximum absolute atomic E-state index is 13.9. The van der Waals surface area contributed by atoms with Crippen LogP contribution in [0.2, 0.25) is 0 Å². The van der Waals surface area contributed by atoms with Crippen molar-refractivity contribution in [2.75, 3.05) is 29.9 Å². The van der Waals surface area contributed by atoms with Gasteiger partial charge in [0.25, 0.3) is 0 Å². The van der Waals surface area contributed by atoms with E-state index in [1.807, 2.05) is 11.8 Å². The molecule has 0 aliphatic carbocycles. The van der Waals surface area contributed by atoms with Crippen LogP contribution < -0.4 is 16.8 Å². The van der Waals surface area contributed by atoms with E-state index in [1.165, 1.54) is 22.8 Å². The number of hydrogen-bond donors (Lipinski definition) is 3. The van der Waals surface area contributed by atoms with Gasteiger partial charge in [-0.25, -0.2) is 4.39 Å². The molecule has 1 aliphatic rings. The lowest BCUT2D eigenvalue weighted by Crippen LogP contribution is -2.41. The van der Waals surface area contributed by atoms with Crippen LogP contribution in [0.5, 0.6) is 0 Å². The molecule has 3 rings (SSSR count). The maximum Gasteiger partial charge on any atom is 0.242 e. The molecule has 1 heterocycles. The van der Waals surface area contributed by atoms with E-state index >= 15 is 0 Å². The van der Waals surface area contributed by atoms with Crippen LogP contribution in [0.25, 0.3) is 0 Å². The summed E-state index contributed by atoms with van der Waals surface area (Å²) < 4.78 is 13.9. The Labute approximate surface area is 154 Å². The van der Waals surface area contributed by atoms with Crippen molar-refractivity contribution in [1.29, 1.82) is 0 Å². The molecule has 1 unspecified atom stereocenters. The smallest absolute Gasteiger partial charge is 0.242 e. The molecule has 0 radical (unpaired) electrons. The number of amides is 1. The van der Waals surface area contributed by atoms with Gasteiger partial charge in [-0.2, -0.15) is 0 Å². The van der Waals surface area contributed by atoms with Gasteiger partial charge in [-0.05, 0) is 37.5 Å². The molecule has 0 spiro atoms. The van der Waals surface area contributed by atoms with Crippen molar-refractivity contribution in [3.05, 3.63) is 52.8 Å². The second-order valence-electron chi connectivity index (χ2n) is 6.53. The van der Waals surface area contributed by atoms with Crippen molar-refractivity contribution >= 4 is 23.0 Å². The topological polar surface area (TPSA) is 84.4 Å². The lowest BCUT2D eigenvalue weighted by atomic mass is 9.92. The number of nitrogens with one attached hydrogen (secondary N) is 1. The van der Waals surface area contributed by atoms with E-state index in [0.717, 1.165) is 12.5 Å². The van der Waals surface area contributed by atoms with Crippen molar-refractivity contribution in [3.8, 4) is 0 Å². The Morgan fingerprint density at radius 1 is 1.27 bits per heavy atom. The number of carbonyl (C=O) groups is 1. The fraction of sp³-hybridized carbons (Fsp3) is 0.350. The molecule has 2 aromatic carbocycles. The van der Waals surface area contributed by atoms with Gasteiger partial charge in [-0.15, -0.1) is 0 Å². The largest absolute Gasteiger partial charge is 0.397 e. The Hall–Kier alpha value is -2.76. The monoisotopic (exact) mass is 358 g/mol. The number of carbonyl (C=O) groups excluding carboxylic acids is 1. The van der Waals surface area contributed by atoms with Crippen LogP contribution in [-0.4, -0.2) is 23.9 Å². The molecule has 1 aliphatic heterocycles. The first-order valence-electron chi connectivity index (χ1n) is 8.34. The molecule has 1 amide bonds. The normalized spacial score (nSPS) is 15.8. The fourth-order valence-corrected chi connectivity index (χ4v) is 3.31. The van der Waals surface area contributed by atoms with Gasteiger partial charge in [0.2, 0.25) is 5.91 Å². The van der Waals surface area contributed by atoms with Gasteiger partial charge in [0.15, 0.2) is 0 Å². The molecule has 140 valence electrons. The van der Waals surface area contributed by atoms with E-state index in [-0.39, 0.29) is 43.0 Å². The molecular weight excluding hydrogens is 331 g/mol. The Morgan fingerprint density at radius 3 is 2.69 bits per heavy atom. The Balaban J connectivity index is 0.00000243. The van der Waals surface area contributed by atoms with Gasteiger partial charge in [0, 0.05) is 12.6 Å². The summed E-state index contributed by atoms with van der Waals surface area (Å²) in [6, 6.07) is 8.90. The van der Waals surface area contributed by atoms with E-state index in [4.69, 9.17) is 11.5 Å². The summed E-state index contributed by atoms with van der Waals surface area (Å²) in [5.41, 5.74) is 15.6. The molecule has 0 saturated heterocycles. The molecule has 0 saturated carbocycles. The highest BCUT2D eigenvalue weighted by atomic mass is 19.1. The minimum Gasteiger partial charge on any atom is -0.397 e. The minimum atomic E-state index is -0.521. The number of aryl methyl sites for hydroxylation is 1. The molecule has 1 atom stereocenters. The number of fused-ring (bicyclic) bond motifs is 1. The quantitative estimate of drug-likeness (QED) is 0.733. The molecule has 0 aromatic heterocycles. The predicted molar refractivity (Wildman–Crippen MR) is 105 cm³/mol. The first kappa shape index (κ1) is 19.6. The Morgan fingerprint density at radius 2 is 1.96 bits per heavy atom. The van der Waals surface area contributed by atoms with Crippen LogP contribution in [0.4, 0.5) is 21.5 Å². The van der Waals surface area contributed by atoms with E-state index in [2.05, 4.69) is 30.4 Å². The zero-order chi connectivity index (χ0) is 18.1. The average Bonchev–Trinajstić information content (AvgIpc) is 2.57. The van der Waals surface area contributed by atoms with Gasteiger partial charge in [0.1, 0.15) is 5.82 Å². The zero-order valence-electron chi connectivity index (χ0n) is 14.5. The average molecular weight is 358 g/mol. The SMILES string of the molecule is C.Cc1ccc2c(c1)CCN(C(=O)CNc1cc(N)c(N)cc1F)C2C. The molecule has 6 heteroatoms. The second-order valence-corrected chi connectivity index (χ2v) is 6.53. The van der Waals surface area contributed by atoms with E-state index < -0.39 is 5.82 Å². The lowest BCUT2D eigenvalue weighted by molar-refractivity contribution is -0.131. The highest BCUT2D eigenvalue weighted by molar-refractivity contribution is 5.82. The summed E-state index contributed by atoms with van der Waals surface area (Å²) in [5, 5.41) is 2.83. The number of halogens is 1. The highest BCUT2D eigenvalue weighted by Crippen LogP contribution is 2.30. The maximum atomic E-state index is 13.9. The van der Waals surface area contributed by atoms with Crippen molar-refractivity contribution in [2.45, 2.75) is 33.7 Å². The summed E-state index contributed by atoms with van der Waals surface area (Å²) in [4.78, 5) is 14.4. The molecule has 2 aromatic rings. The minimum absolute atomic E-state index is 0. The van der Waals surface area contributed by atoms with Crippen LogP contribution in [0.15, 0.2) is 30.3 Å². The van der Waals surface area contributed by atoms with Crippen LogP contribution in [-0.2, 0) is 11.2 Å². The van der Waals surface area contributed by atoms with Crippen molar-refractivity contribution in [2.24, 2.45) is 0 Å². The third kappa shape index (κ3) is 3.74.